The summed E-state index contributed by atoms with van der Waals surface area (Å²) >= 11 is 1.32. The summed E-state index contributed by atoms with van der Waals surface area (Å²) in [5.41, 5.74) is 1.16. The number of halogens is 1. The SMILES string of the molecule is COCc1c(C(=O)N2CCC(CNC(=O)c3cnn(C)c3)CC2)sc2cccc(F)c12. The van der Waals surface area contributed by atoms with Crippen LogP contribution in [0.25, 0.3) is 10.1 Å². The summed E-state index contributed by atoms with van der Waals surface area (Å²) in [4.78, 5) is 27.8. The van der Waals surface area contributed by atoms with Crippen LogP contribution in [0.5, 0.6) is 0 Å². The largest absolute Gasteiger partial charge is 0.380 e. The van der Waals surface area contributed by atoms with Gasteiger partial charge in [0.1, 0.15) is 5.82 Å². The molecule has 0 unspecified atom stereocenters. The number of hydrogen-bond donors (Lipinski definition) is 1. The van der Waals surface area contributed by atoms with Crippen LogP contribution in [0.4, 0.5) is 4.39 Å². The molecule has 2 amide bonds. The van der Waals surface area contributed by atoms with Crippen molar-refractivity contribution in [2.45, 2.75) is 19.4 Å². The van der Waals surface area contributed by atoms with Gasteiger partial charge in [-0.3, -0.25) is 14.3 Å². The van der Waals surface area contributed by atoms with Gasteiger partial charge in [-0.05, 0) is 30.9 Å². The molecule has 3 aromatic rings. The predicted octanol–water partition coefficient (Wildman–Crippen LogP) is 3.20. The Balaban J connectivity index is 1.39. The molecule has 1 N–H and O–H groups in total. The maximum absolute atomic E-state index is 14.4. The third-order valence-electron chi connectivity index (χ3n) is 5.67. The Morgan fingerprint density at radius 1 is 1.32 bits per heavy atom. The van der Waals surface area contributed by atoms with Crippen LogP contribution in [-0.4, -0.2) is 53.2 Å². The van der Waals surface area contributed by atoms with E-state index < -0.39 is 0 Å². The highest BCUT2D eigenvalue weighted by Gasteiger charge is 2.28. The summed E-state index contributed by atoms with van der Waals surface area (Å²) in [5, 5.41) is 7.45. The lowest BCUT2D eigenvalue weighted by Gasteiger charge is -2.32. The van der Waals surface area contributed by atoms with Crippen LogP contribution in [0.3, 0.4) is 0 Å². The number of nitrogens with zero attached hydrogens (tertiary/aromatic N) is 3. The Bertz CT molecular complexity index is 1100. The molecule has 9 heteroatoms. The fourth-order valence-electron chi connectivity index (χ4n) is 3.98. The summed E-state index contributed by atoms with van der Waals surface area (Å²) in [7, 11) is 3.32. The average Bonchev–Trinajstić information content (AvgIpc) is 3.37. The average molecular weight is 445 g/mol. The number of nitrogens with one attached hydrogen (secondary N) is 1. The number of methoxy groups -OCH3 is 1. The second-order valence-electron chi connectivity index (χ2n) is 7.80. The van der Waals surface area contributed by atoms with Crippen molar-refractivity contribution in [2.24, 2.45) is 13.0 Å². The Labute approximate surface area is 183 Å². The molecule has 4 rings (SSSR count). The molecule has 1 aromatic carbocycles. The van der Waals surface area contributed by atoms with E-state index in [9.17, 15) is 14.0 Å². The van der Waals surface area contributed by atoms with Gasteiger partial charge in [0.15, 0.2) is 0 Å². The van der Waals surface area contributed by atoms with E-state index in [0.29, 0.717) is 46.9 Å². The summed E-state index contributed by atoms with van der Waals surface area (Å²) in [5.74, 6) is -0.237. The first kappa shape index (κ1) is 21.5. The first-order valence-electron chi connectivity index (χ1n) is 10.2. The molecule has 2 aromatic heterocycles. The highest BCUT2D eigenvalue weighted by atomic mass is 32.1. The van der Waals surface area contributed by atoms with E-state index in [2.05, 4.69) is 10.4 Å². The van der Waals surface area contributed by atoms with E-state index in [1.807, 2.05) is 11.0 Å². The zero-order valence-electron chi connectivity index (χ0n) is 17.6. The van der Waals surface area contributed by atoms with Crippen LogP contribution >= 0.6 is 11.3 Å². The van der Waals surface area contributed by atoms with Crippen molar-refractivity contribution in [1.29, 1.82) is 0 Å². The van der Waals surface area contributed by atoms with Gasteiger partial charge < -0.3 is 15.0 Å². The number of amides is 2. The second-order valence-corrected chi connectivity index (χ2v) is 8.86. The lowest BCUT2D eigenvalue weighted by molar-refractivity contribution is 0.0685. The topological polar surface area (TPSA) is 76.5 Å². The van der Waals surface area contributed by atoms with Crippen LogP contribution in [-0.2, 0) is 18.4 Å². The van der Waals surface area contributed by atoms with E-state index in [4.69, 9.17) is 4.74 Å². The fraction of sp³-hybridized carbons (Fsp3) is 0.409. The van der Waals surface area contributed by atoms with Crippen molar-refractivity contribution >= 4 is 33.2 Å². The number of thiophene rings is 1. The number of hydrogen-bond acceptors (Lipinski definition) is 5. The van der Waals surface area contributed by atoms with Gasteiger partial charge in [-0.1, -0.05) is 6.07 Å². The maximum atomic E-state index is 14.4. The van der Waals surface area contributed by atoms with Crippen LogP contribution in [0.2, 0.25) is 0 Å². The molecule has 31 heavy (non-hydrogen) atoms. The monoisotopic (exact) mass is 444 g/mol. The third-order valence-corrected chi connectivity index (χ3v) is 6.85. The third kappa shape index (κ3) is 4.47. The maximum Gasteiger partial charge on any atom is 0.264 e. The first-order valence-corrected chi connectivity index (χ1v) is 11.0. The number of aryl methyl sites for hydroxylation is 1. The minimum Gasteiger partial charge on any atom is -0.380 e. The summed E-state index contributed by atoms with van der Waals surface area (Å²) in [6, 6.07) is 4.90. The minimum atomic E-state index is -0.331. The van der Waals surface area contributed by atoms with E-state index >= 15 is 0 Å². The van der Waals surface area contributed by atoms with Gasteiger partial charge in [0.05, 0.1) is 23.2 Å². The van der Waals surface area contributed by atoms with Crippen LogP contribution in [0.1, 0.15) is 38.4 Å². The normalized spacial score (nSPS) is 14.9. The van der Waals surface area contributed by atoms with Crippen LogP contribution in [0.15, 0.2) is 30.6 Å². The van der Waals surface area contributed by atoms with Crippen LogP contribution < -0.4 is 5.32 Å². The van der Waals surface area contributed by atoms with E-state index in [0.717, 1.165) is 17.5 Å². The molecular weight excluding hydrogens is 419 g/mol. The highest BCUT2D eigenvalue weighted by molar-refractivity contribution is 7.21. The molecule has 0 spiro atoms. The molecule has 0 radical (unpaired) electrons. The van der Waals surface area contributed by atoms with Gasteiger partial charge in [-0.25, -0.2) is 4.39 Å². The van der Waals surface area contributed by atoms with Gasteiger partial charge >= 0.3 is 0 Å². The molecule has 0 saturated carbocycles. The number of ether oxygens (including phenoxy) is 1. The predicted molar refractivity (Wildman–Crippen MR) is 117 cm³/mol. The molecular formula is C22H25FN4O3S. The van der Waals surface area contributed by atoms with Gasteiger partial charge in [-0.2, -0.15) is 5.10 Å². The second kappa shape index (κ2) is 9.15. The molecule has 1 aliphatic rings. The number of carbonyl (C=O) groups is 2. The van der Waals surface area contributed by atoms with Crippen molar-refractivity contribution < 1.29 is 18.7 Å². The molecule has 164 valence electrons. The Morgan fingerprint density at radius 2 is 2.10 bits per heavy atom. The van der Waals surface area contributed by atoms with Gasteiger partial charge in [0, 0.05) is 55.6 Å². The zero-order valence-corrected chi connectivity index (χ0v) is 18.4. The Morgan fingerprint density at radius 3 is 2.77 bits per heavy atom. The minimum absolute atomic E-state index is 0.0782. The molecule has 3 heterocycles. The van der Waals surface area contributed by atoms with E-state index in [-0.39, 0.29) is 24.2 Å². The number of aromatic nitrogens is 2. The quantitative estimate of drug-likeness (QED) is 0.634. The lowest BCUT2D eigenvalue weighted by Crippen LogP contribution is -2.41. The zero-order chi connectivity index (χ0) is 22.0. The molecule has 0 bridgehead atoms. The summed E-state index contributed by atoms with van der Waals surface area (Å²) in [6.07, 6.45) is 4.83. The number of benzene rings is 1. The van der Waals surface area contributed by atoms with Crippen molar-refractivity contribution in [2.75, 3.05) is 26.7 Å². The molecule has 0 atom stereocenters. The van der Waals surface area contributed by atoms with Crippen molar-refractivity contribution in [3.63, 3.8) is 0 Å². The molecule has 1 aliphatic heterocycles. The summed E-state index contributed by atoms with van der Waals surface area (Å²) in [6.45, 7) is 1.97. The van der Waals surface area contributed by atoms with Gasteiger partial charge in [0.25, 0.3) is 11.8 Å². The van der Waals surface area contributed by atoms with Crippen molar-refractivity contribution in [1.82, 2.24) is 20.0 Å². The number of carbonyl (C=O) groups excluding carboxylic acids is 2. The van der Waals surface area contributed by atoms with Crippen molar-refractivity contribution in [3.8, 4) is 0 Å². The van der Waals surface area contributed by atoms with Crippen molar-refractivity contribution in [3.05, 3.63) is 52.4 Å². The number of likely N-dealkylation sites (tertiary alicyclic amines) is 1. The fourth-order valence-corrected chi connectivity index (χ4v) is 5.17. The first-order chi connectivity index (χ1) is 15.0. The van der Waals surface area contributed by atoms with Crippen LogP contribution in [0, 0.1) is 11.7 Å². The van der Waals surface area contributed by atoms with Gasteiger partial charge in [-0.15, -0.1) is 11.3 Å². The highest BCUT2D eigenvalue weighted by Crippen LogP contribution is 2.35. The molecule has 1 fully saturated rings. The summed E-state index contributed by atoms with van der Waals surface area (Å²) < 4.78 is 22.0. The lowest BCUT2D eigenvalue weighted by atomic mass is 9.96. The van der Waals surface area contributed by atoms with E-state index in [1.165, 1.54) is 17.4 Å². The molecule has 1 saturated heterocycles. The smallest absolute Gasteiger partial charge is 0.264 e. The van der Waals surface area contributed by atoms with Gasteiger partial charge in [0.2, 0.25) is 0 Å². The number of rotatable bonds is 6. The molecule has 7 nitrogen and oxygen atoms in total. The number of piperidine rings is 1. The number of fused-ring (bicyclic) bond motifs is 1. The Kier molecular flexibility index (Phi) is 6.33. The standard InChI is InChI=1S/C22H25FN4O3S/c1-26-12-15(11-25-26)21(28)24-10-14-6-8-27(9-7-14)22(29)20-16(13-30-2)19-17(23)4-3-5-18(19)31-20/h3-5,11-12,14H,6-10,13H2,1-2H3,(H,24,28). The van der Waals surface area contributed by atoms with E-state index in [1.54, 1.807) is 37.3 Å². The Hall–Kier alpha value is -2.78. The molecule has 0 aliphatic carbocycles.